The van der Waals surface area contributed by atoms with E-state index in [4.69, 9.17) is 16.3 Å². The fourth-order valence-electron chi connectivity index (χ4n) is 2.54. The summed E-state index contributed by atoms with van der Waals surface area (Å²) < 4.78 is 6.05. The summed E-state index contributed by atoms with van der Waals surface area (Å²) in [4.78, 5) is 0. The van der Waals surface area contributed by atoms with Gasteiger partial charge in [0, 0.05) is 10.4 Å². The lowest BCUT2D eigenvalue weighted by Gasteiger charge is -2.32. The minimum atomic E-state index is 0.193. The molecule has 0 saturated heterocycles. The van der Waals surface area contributed by atoms with Crippen LogP contribution >= 0.6 is 24.2 Å². The van der Waals surface area contributed by atoms with Crippen LogP contribution in [0.1, 0.15) is 45.1 Å². The molecule has 3 heteroatoms. The lowest BCUT2D eigenvalue weighted by atomic mass is 9.82. The molecule has 0 amide bonds. The molecule has 0 radical (unpaired) electrons. The Balaban J connectivity index is 2.74. The van der Waals surface area contributed by atoms with Crippen molar-refractivity contribution in [3.8, 4) is 5.75 Å². The minimum Gasteiger partial charge on any atom is -0.493 e. The maximum atomic E-state index is 6.05. The first-order valence-electron chi connectivity index (χ1n) is 7.06. The average molecular weight is 301 g/mol. The minimum absolute atomic E-state index is 0.193. The van der Waals surface area contributed by atoms with Crippen LogP contribution in [0, 0.1) is 12.3 Å². The highest BCUT2D eigenvalue weighted by atomic mass is 35.5. The molecule has 0 heterocycles. The van der Waals surface area contributed by atoms with Gasteiger partial charge in [-0.05, 0) is 49.3 Å². The largest absolute Gasteiger partial charge is 0.493 e. The summed E-state index contributed by atoms with van der Waals surface area (Å²) in [5.74, 6) is 1.81. The summed E-state index contributed by atoms with van der Waals surface area (Å²) in [6.45, 7) is 7.21. The Morgan fingerprint density at radius 1 is 1.21 bits per heavy atom. The maximum Gasteiger partial charge on any atom is 0.122 e. The van der Waals surface area contributed by atoms with E-state index >= 15 is 0 Å². The molecule has 1 nitrogen and oxygen atoms in total. The number of hydrogen-bond acceptors (Lipinski definition) is 2. The normalized spacial score (nSPS) is 11.6. The van der Waals surface area contributed by atoms with Crippen molar-refractivity contribution in [1.82, 2.24) is 0 Å². The zero-order valence-corrected chi connectivity index (χ0v) is 13.9. The monoisotopic (exact) mass is 300 g/mol. The summed E-state index contributed by atoms with van der Waals surface area (Å²) in [6, 6.07) is 5.78. The van der Waals surface area contributed by atoms with Gasteiger partial charge in [-0.1, -0.05) is 38.3 Å². The van der Waals surface area contributed by atoms with Crippen LogP contribution in [-0.2, 0) is 0 Å². The first-order chi connectivity index (χ1) is 9.06. The van der Waals surface area contributed by atoms with Crippen molar-refractivity contribution < 1.29 is 4.74 Å². The molecule has 0 aliphatic carbocycles. The fraction of sp³-hybridized carbons (Fsp3) is 0.625. The molecule has 1 aromatic rings. The van der Waals surface area contributed by atoms with Crippen LogP contribution in [0.2, 0.25) is 5.02 Å². The molecule has 0 aliphatic rings. The second-order valence-electron chi connectivity index (χ2n) is 5.36. The van der Waals surface area contributed by atoms with Crippen molar-refractivity contribution >= 4 is 24.2 Å². The quantitative estimate of drug-likeness (QED) is 0.620. The average Bonchev–Trinajstić information content (AvgIpc) is 2.38. The molecule has 0 aromatic heterocycles. The maximum absolute atomic E-state index is 6.05. The number of aryl methyl sites for hydroxylation is 1. The van der Waals surface area contributed by atoms with Gasteiger partial charge in [0.25, 0.3) is 0 Å². The third kappa shape index (κ3) is 4.92. The first-order valence-corrected chi connectivity index (χ1v) is 8.07. The first kappa shape index (κ1) is 16.7. The number of ether oxygens (including phenoxy) is 1. The number of rotatable bonds is 8. The Bertz CT molecular complexity index is 386. The summed E-state index contributed by atoms with van der Waals surface area (Å²) in [5, 5.41) is 0.757. The summed E-state index contributed by atoms with van der Waals surface area (Å²) in [7, 11) is 0. The molecule has 1 aromatic carbocycles. The van der Waals surface area contributed by atoms with E-state index in [1.54, 1.807) is 0 Å². The molecule has 0 N–H and O–H groups in total. The smallest absolute Gasteiger partial charge is 0.122 e. The van der Waals surface area contributed by atoms with Crippen molar-refractivity contribution in [2.75, 3.05) is 12.4 Å². The Morgan fingerprint density at radius 2 is 1.84 bits per heavy atom. The van der Waals surface area contributed by atoms with Gasteiger partial charge >= 0.3 is 0 Å². The second kappa shape index (κ2) is 8.06. The third-order valence-electron chi connectivity index (χ3n) is 3.57. The topological polar surface area (TPSA) is 9.23 Å². The standard InChI is InChI=1S/C16H25ClOS/c1-4-8-16(12-19,9-5-2)11-18-15-7-6-14(17)10-13(15)3/h6-7,10,19H,4-5,8-9,11-12H2,1-3H3. The molecule has 0 spiro atoms. The molecule has 0 bridgehead atoms. The molecule has 0 unspecified atom stereocenters. The zero-order valence-electron chi connectivity index (χ0n) is 12.2. The summed E-state index contributed by atoms with van der Waals surface area (Å²) in [5.41, 5.74) is 1.28. The van der Waals surface area contributed by atoms with Gasteiger partial charge in [0.05, 0.1) is 6.61 Å². The van der Waals surface area contributed by atoms with Gasteiger partial charge in [-0.2, -0.15) is 12.6 Å². The van der Waals surface area contributed by atoms with Gasteiger partial charge in [0.2, 0.25) is 0 Å². The van der Waals surface area contributed by atoms with Crippen molar-refractivity contribution in [2.45, 2.75) is 46.5 Å². The van der Waals surface area contributed by atoms with Gasteiger partial charge in [-0.25, -0.2) is 0 Å². The summed E-state index contributed by atoms with van der Waals surface area (Å²) >= 11 is 10.5. The van der Waals surface area contributed by atoms with E-state index in [0.717, 1.165) is 41.5 Å². The van der Waals surface area contributed by atoms with E-state index in [1.807, 2.05) is 25.1 Å². The predicted molar refractivity (Wildman–Crippen MR) is 87.8 cm³/mol. The highest BCUT2D eigenvalue weighted by molar-refractivity contribution is 7.80. The van der Waals surface area contributed by atoms with Gasteiger partial charge < -0.3 is 4.74 Å². The Hall–Kier alpha value is -0.340. The third-order valence-corrected chi connectivity index (χ3v) is 4.47. The lowest BCUT2D eigenvalue weighted by Crippen LogP contribution is -2.30. The molecule has 19 heavy (non-hydrogen) atoms. The highest BCUT2D eigenvalue weighted by Crippen LogP contribution is 2.33. The molecule has 0 atom stereocenters. The molecule has 108 valence electrons. The van der Waals surface area contributed by atoms with Gasteiger partial charge in [0.1, 0.15) is 5.75 Å². The summed E-state index contributed by atoms with van der Waals surface area (Å²) in [6.07, 6.45) is 4.67. The highest BCUT2D eigenvalue weighted by Gasteiger charge is 2.28. The molecular weight excluding hydrogens is 276 g/mol. The van der Waals surface area contributed by atoms with Crippen LogP contribution in [0.25, 0.3) is 0 Å². The van der Waals surface area contributed by atoms with Gasteiger partial charge in [-0.3, -0.25) is 0 Å². The van der Waals surface area contributed by atoms with Crippen LogP contribution in [0.15, 0.2) is 18.2 Å². The SMILES string of the molecule is CCCC(CS)(CCC)COc1ccc(Cl)cc1C. The second-order valence-corrected chi connectivity index (χ2v) is 6.11. The van der Waals surface area contributed by atoms with Crippen LogP contribution in [-0.4, -0.2) is 12.4 Å². The van der Waals surface area contributed by atoms with Gasteiger partial charge in [-0.15, -0.1) is 0 Å². The van der Waals surface area contributed by atoms with Crippen molar-refractivity contribution in [1.29, 1.82) is 0 Å². The van der Waals surface area contributed by atoms with E-state index in [0.29, 0.717) is 0 Å². The number of benzene rings is 1. The Morgan fingerprint density at radius 3 is 2.32 bits per heavy atom. The Kier molecular flexibility index (Phi) is 7.09. The van der Waals surface area contributed by atoms with Crippen molar-refractivity contribution in [3.05, 3.63) is 28.8 Å². The van der Waals surface area contributed by atoms with Crippen molar-refractivity contribution in [3.63, 3.8) is 0 Å². The molecule has 0 saturated carbocycles. The number of thiol groups is 1. The predicted octanol–water partition coefficient (Wildman–Crippen LogP) is 5.54. The molecule has 0 aliphatic heterocycles. The van der Waals surface area contributed by atoms with E-state index in [2.05, 4.69) is 26.5 Å². The number of hydrogen-bond donors (Lipinski definition) is 1. The molecule has 1 rings (SSSR count). The van der Waals surface area contributed by atoms with Gasteiger partial charge in [0.15, 0.2) is 0 Å². The zero-order chi connectivity index (χ0) is 14.3. The number of halogens is 1. The molecular formula is C16H25ClOS. The van der Waals surface area contributed by atoms with E-state index in [1.165, 1.54) is 12.8 Å². The van der Waals surface area contributed by atoms with E-state index in [-0.39, 0.29) is 5.41 Å². The van der Waals surface area contributed by atoms with E-state index < -0.39 is 0 Å². The van der Waals surface area contributed by atoms with Crippen LogP contribution in [0.3, 0.4) is 0 Å². The fourth-order valence-corrected chi connectivity index (χ4v) is 3.17. The van der Waals surface area contributed by atoms with Crippen LogP contribution in [0.5, 0.6) is 5.75 Å². The van der Waals surface area contributed by atoms with Crippen LogP contribution < -0.4 is 4.74 Å². The van der Waals surface area contributed by atoms with Crippen LogP contribution in [0.4, 0.5) is 0 Å². The van der Waals surface area contributed by atoms with E-state index in [9.17, 15) is 0 Å². The van der Waals surface area contributed by atoms with Crippen molar-refractivity contribution in [2.24, 2.45) is 5.41 Å². The molecule has 0 fully saturated rings. The Labute approximate surface area is 128 Å². The lowest BCUT2D eigenvalue weighted by molar-refractivity contribution is 0.143.